The summed E-state index contributed by atoms with van der Waals surface area (Å²) >= 11 is 0. The van der Waals surface area contributed by atoms with E-state index in [9.17, 15) is 0 Å². The minimum atomic E-state index is 0.185. The molecule has 0 aromatic heterocycles. The van der Waals surface area contributed by atoms with Gasteiger partial charge in [-0.25, -0.2) is 0 Å². The molecule has 0 saturated carbocycles. The third kappa shape index (κ3) is 1.68. The number of hydrogen-bond donors (Lipinski definition) is 1. The molecule has 0 aliphatic carbocycles. The van der Waals surface area contributed by atoms with E-state index in [0.717, 1.165) is 13.0 Å². The Balaban J connectivity index is 2.27. The molecule has 0 fully saturated rings. The van der Waals surface area contributed by atoms with Gasteiger partial charge < -0.3 is 5.73 Å². The van der Waals surface area contributed by atoms with Gasteiger partial charge in [0, 0.05) is 19.0 Å². The van der Waals surface area contributed by atoms with Gasteiger partial charge in [-0.3, -0.25) is 4.90 Å². The van der Waals surface area contributed by atoms with E-state index in [1.165, 1.54) is 11.1 Å². The molecule has 0 bridgehead atoms. The van der Waals surface area contributed by atoms with Crippen molar-refractivity contribution < 1.29 is 0 Å². The molecule has 76 valence electrons. The van der Waals surface area contributed by atoms with Gasteiger partial charge in [-0.2, -0.15) is 0 Å². The first-order valence-corrected chi connectivity index (χ1v) is 5.26. The topological polar surface area (TPSA) is 29.3 Å². The van der Waals surface area contributed by atoms with Crippen molar-refractivity contribution in [1.82, 2.24) is 4.90 Å². The van der Waals surface area contributed by atoms with Crippen LogP contribution < -0.4 is 5.73 Å². The van der Waals surface area contributed by atoms with Crippen LogP contribution in [0.2, 0.25) is 0 Å². The largest absolute Gasteiger partial charge is 0.315 e. The minimum Gasteiger partial charge on any atom is -0.315 e. The summed E-state index contributed by atoms with van der Waals surface area (Å²) in [6, 6.07) is 9.12. The molecule has 0 spiro atoms. The number of fused-ring (bicyclic) bond motifs is 1. The zero-order valence-electron chi connectivity index (χ0n) is 8.90. The smallest absolute Gasteiger partial charge is 0.0618 e. The van der Waals surface area contributed by atoms with E-state index in [1.807, 2.05) is 0 Å². The number of nitrogens with two attached hydrogens (primary N) is 1. The Morgan fingerprint density at radius 3 is 2.57 bits per heavy atom. The van der Waals surface area contributed by atoms with Crippen LogP contribution in [0.5, 0.6) is 0 Å². The van der Waals surface area contributed by atoms with Gasteiger partial charge in [0.1, 0.15) is 0 Å². The van der Waals surface area contributed by atoms with Gasteiger partial charge in [0.25, 0.3) is 0 Å². The van der Waals surface area contributed by atoms with Gasteiger partial charge >= 0.3 is 0 Å². The molecule has 2 N–H and O–H groups in total. The Bertz CT molecular complexity index is 320. The van der Waals surface area contributed by atoms with Crippen molar-refractivity contribution in [2.24, 2.45) is 5.73 Å². The van der Waals surface area contributed by atoms with E-state index in [4.69, 9.17) is 5.73 Å². The van der Waals surface area contributed by atoms with E-state index >= 15 is 0 Å². The van der Waals surface area contributed by atoms with Crippen LogP contribution in [0, 0.1) is 0 Å². The molecule has 2 rings (SSSR count). The van der Waals surface area contributed by atoms with Crippen LogP contribution in [0.4, 0.5) is 0 Å². The quantitative estimate of drug-likeness (QED) is 0.731. The minimum absolute atomic E-state index is 0.185. The first kappa shape index (κ1) is 9.69. The average Bonchev–Trinajstić information content (AvgIpc) is 2.16. The lowest BCUT2D eigenvalue weighted by molar-refractivity contribution is 0.134. The Labute approximate surface area is 85.7 Å². The molecule has 1 aromatic carbocycles. The highest BCUT2D eigenvalue weighted by molar-refractivity contribution is 5.29. The lowest BCUT2D eigenvalue weighted by atomic mass is 9.97. The maximum Gasteiger partial charge on any atom is 0.0618 e. The standard InChI is InChI=1S/C12H18N2/c1-9(2)14-8-11-6-4-3-5-10(11)7-12(14)13/h3-6,9,12H,7-8,13H2,1-2H3/t12-/m0/s1. The van der Waals surface area contributed by atoms with Crippen molar-refractivity contribution in [3.05, 3.63) is 35.4 Å². The Morgan fingerprint density at radius 2 is 1.93 bits per heavy atom. The molecule has 0 amide bonds. The van der Waals surface area contributed by atoms with Gasteiger partial charge in [-0.15, -0.1) is 0 Å². The number of rotatable bonds is 1. The first-order valence-electron chi connectivity index (χ1n) is 5.26. The number of benzene rings is 1. The average molecular weight is 190 g/mol. The summed E-state index contributed by atoms with van der Waals surface area (Å²) < 4.78 is 0. The molecule has 0 radical (unpaired) electrons. The predicted molar refractivity (Wildman–Crippen MR) is 58.8 cm³/mol. The fourth-order valence-corrected chi connectivity index (χ4v) is 2.13. The summed E-state index contributed by atoms with van der Waals surface area (Å²) in [5.74, 6) is 0. The molecule has 0 unspecified atom stereocenters. The second-order valence-electron chi connectivity index (χ2n) is 4.31. The molecule has 1 heterocycles. The Morgan fingerprint density at radius 1 is 1.29 bits per heavy atom. The SMILES string of the molecule is CC(C)N1Cc2ccccc2C[C@H]1N. The van der Waals surface area contributed by atoms with E-state index in [-0.39, 0.29) is 6.17 Å². The van der Waals surface area contributed by atoms with E-state index < -0.39 is 0 Å². The van der Waals surface area contributed by atoms with Crippen molar-refractivity contribution >= 4 is 0 Å². The Kier molecular flexibility index (Phi) is 2.57. The number of nitrogens with zero attached hydrogens (tertiary/aromatic N) is 1. The lowest BCUT2D eigenvalue weighted by Crippen LogP contribution is -2.49. The molecule has 2 heteroatoms. The van der Waals surface area contributed by atoms with Crippen LogP contribution in [0.3, 0.4) is 0 Å². The zero-order chi connectivity index (χ0) is 10.1. The monoisotopic (exact) mass is 190 g/mol. The van der Waals surface area contributed by atoms with Crippen molar-refractivity contribution in [3.8, 4) is 0 Å². The molecule has 1 aliphatic heterocycles. The normalized spacial score (nSPS) is 22.4. The second kappa shape index (κ2) is 3.71. The van der Waals surface area contributed by atoms with E-state index in [1.54, 1.807) is 0 Å². The van der Waals surface area contributed by atoms with Gasteiger partial charge in [0.2, 0.25) is 0 Å². The molecule has 1 aliphatic rings. The fraction of sp³-hybridized carbons (Fsp3) is 0.500. The zero-order valence-corrected chi connectivity index (χ0v) is 8.90. The van der Waals surface area contributed by atoms with Crippen molar-refractivity contribution in [3.63, 3.8) is 0 Å². The van der Waals surface area contributed by atoms with Gasteiger partial charge in [0.15, 0.2) is 0 Å². The molecular formula is C12H18N2. The highest BCUT2D eigenvalue weighted by Crippen LogP contribution is 2.22. The fourth-order valence-electron chi connectivity index (χ4n) is 2.13. The second-order valence-corrected chi connectivity index (χ2v) is 4.31. The summed E-state index contributed by atoms with van der Waals surface area (Å²) in [5, 5.41) is 0. The predicted octanol–water partition coefficient (Wildman–Crippen LogP) is 1.74. The summed E-state index contributed by atoms with van der Waals surface area (Å²) in [7, 11) is 0. The molecule has 2 nitrogen and oxygen atoms in total. The van der Waals surface area contributed by atoms with Crippen LogP contribution in [-0.4, -0.2) is 17.1 Å². The Hall–Kier alpha value is -0.860. The van der Waals surface area contributed by atoms with Crippen molar-refractivity contribution in [2.45, 2.75) is 39.0 Å². The van der Waals surface area contributed by atoms with Crippen LogP contribution in [0.1, 0.15) is 25.0 Å². The van der Waals surface area contributed by atoms with Crippen LogP contribution in [-0.2, 0) is 13.0 Å². The summed E-state index contributed by atoms with van der Waals surface area (Å²) in [5.41, 5.74) is 8.97. The van der Waals surface area contributed by atoms with Crippen LogP contribution >= 0.6 is 0 Å². The lowest BCUT2D eigenvalue weighted by Gasteiger charge is -2.37. The van der Waals surface area contributed by atoms with E-state index in [2.05, 4.69) is 43.0 Å². The summed E-state index contributed by atoms with van der Waals surface area (Å²) in [6.07, 6.45) is 1.17. The van der Waals surface area contributed by atoms with E-state index in [0.29, 0.717) is 6.04 Å². The van der Waals surface area contributed by atoms with Gasteiger partial charge in [-0.05, 0) is 25.0 Å². The maximum absolute atomic E-state index is 6.12. The number of hydrogen-bond acceptors (Lipinski definition) is 2. The van der Waals surface area contributed by atoms with Crippen LogP contribution in [0.15, 0.2) is 24.3 Å². The highest BCUT2D eigenvalue weighted by atomic mass is 15.2. The summed E-state index contributed by atoms with van der Waals surface area (Å²) in [4.78, 5) is 2.35. The molecule has 1 aromatic rings. The van der Waals surface area contributed by atoms with Crippen molar-refractivity contribution in [1.29, 1.82) is 0 Å². The molecule has 1 atom stereocenters. The summed E-state index contributed by atoms with van der Waals surface area (Å²) in [6.45, 7) is 5.40. The molecule has 0 saturated heterocycles. The third-order valence-corrected chi connectivity index (χ3v) is 2.99. The molecule has 14 heavy (non-hydrogen) atoms. The molecular weight excluding hydrogens is 172 g/mol. The van der Waals surface area contributed by atoms with Gasteiger partial charge in [0.05, 0.1) is 6.17 Å². The first-order chi connectivity index (χ1) is 6.68. The van der Waals surface area contributed by atoms with Crippen LogP contribution in [0.25, 0.3) is 0 Å². The highest BCUT2D eigenvalue weighted by Gasteiger charge is 2.24. The maximum atomic E-state index is 6.12. The van der Waals surface area contributed by atoms with Crippen molar-refractivity contribution in [2.75, 3.05) is 0 Å². The van der Waals surface area contributed by atoms with Gasteiger partial charge in [-0.1, -0.05) is 24.3 Å². The third-order valence-electron chi connectivity index (χ3n) is 2.99.